The normalized spacial score (nSPS) is 16.9. The third-order valence-corrected chi connectivity index (χ3v) is 3.67. The minimum atomic E-state index is 0.277. The first-order valence-corrected chi connectivity index (χ1v) is 6.80. The number of alkyl halides is 1. The molecule has 2 aromatic rings. The smallest absolute Gasteiger partial charge is 0.231 e. The van der Waals surface area contributed by atoms with Crippen LogP contribution in [0.4, 0.5) is 0 Å². The summed E-state index contributed by atoms with van der Waals surface area (Å²) in [7, 11) is 0. The molecule has 1 aliphatic heterocycles. The van der Waals surface area contributed by atoms with E-state index >= 15 is 0 Å². The highest BCUT2D eigenvalue weighted by atomic mass is 35.5. The maximum absolute atomic E-state index is 5.96. The van der Waals surface area contributed by atoms with Gasteiger partial charge in [-0.2, -0.15) is 0 Å². The highest BCUT2D eigenvalue weighted by Crippen LogP contribution is 2.41. The Bertz CT molecular complexity index is 637. The highest BCUT2D eigenvalue weighted by molar-refractivity contribution is 6.16. The van der Waals surface area contributed by atoms with E-state index in [9.17, 15) is 0 Å². The van der Waals surface area contributed by atoms with E-state index in [0.717, 1.165) is 28.8 Å². The number of fused-ring (bicyclic) bond motifs is 1. The summed E-state index contributed by atoms with van der Waals surface area (Å²) in [6, 6.07) is 5.85. The van der Waals surface area contributed by atoms with E-state index in [2.05, 4.69) is 10.2 Å². The van der Waals surface area contributed by atoms with Crippen LogP contribution in [0, 0.1) is 0 Å². The molecule has 0 saturated heterocycles. The van der Waals surface area contributed by atoms with Crippen LogP contribution < -0.4 is 9.47 Å². The number of benzene rings is 1. The van der Waals surface area contributed by atoms with Gasteiger partial charge in [0.25, 0.3) is 0 Å². The molecule has 4 rings (SSSR count). The number of ether oxygens (including phenoxy) is 2. The quantitative estimate of drug-likeness (QED) is 0.809. The van der Waals surface area contributed by atoms with Gasteiger partial charge < -0.3 is 9.47 Å². The Morgan fingerprint density at radius 2 is 2.05 bits per heavy atom. The largest absolute Gasteiger partial charge is 0.454 e. The summed E-state index contributed by atoms with van der Waals surface area (Å²) in [5, 5.41) is 8.45. The van der Waals surface area contributed by atoms with Crippen molar-refractivity contribution in [3.8, 4) is 17.2 Å². The minimum absolute atomic E-state index is 0.277. The maximum atomic E-state index is 5.96. The van der Waals surface area contributed by atoms with E-state index in [0.29, 0.717) is 11.8 Å². The molecule has 0 radical (unpaired) electrons. The van der Waals surface area contributed by atoms with Crippen LogP contribution in [-0.2, 0) is 5.88 Å². The van der Waals surface area contributed by atoms with Crippen LogP contribution in [0.3, 0.4) is 0 Å². The summed E-state index contributed by atoms with van der Waals surface area (Å²) < 4.78 is 12.8. The van der Waals surface area contributed by atoms with Gasteiger partial charge in [0.05, 0.1) is 11.6 Å². The third kappa shape index (κ3) is 1.76. The second-order valence-corrected chi connectivity index (χ2v) is 5.02. The molecule has 1 aromatic heterocycles. The zero-order chi connectivity index (χ0) is 12.8. The predicted molar refractivity (Wildman–Crippen MR) is 69.0 cm³/mol. The monoisotopic (exact) mass is 277 g/mol. The average Bonchev–Trinajstić information content (AvgIpc) is 3.03. The average molecular weight is 278 g/mol. The predicted octanol–water partition coefficient (Wildman–Crippen LogP) is 2.61. The van der Waals surface area contributed by atoms with Crippen LogP contribution in [0.1, 0.15) is 30.4 Å². The fourth-order valence-corrected chi connectivity index (χ4v) is 2.50. The lowest BCUT2D eigenvalue weighted by molar-refractivity contribution is 0.174. The first-order valence-electron chi connectivity index (χ1n) is 6.27. The fraction of sp³-hybridized carbons (Fsp3) is 0.385. The molecule has 1 aliphatic carbocycles. The van der Waals surface area contributed by atoms with Crippen molar-refractivity contribution >= 4 is 11.6 Å². The number of halogens is 1. The van der Waals surface area contributed by atoms with Crippen LogP contribution in [0.5, 0.6) is 11.5 Å². The van der Waals surface area contributed by atoms with Crippen LogP contribution in [-0.4, -0.2) is 21.6 Å². The van der Waals surface area contributed by atoms with Gasteiger partial charge in [-0.05, 0) is 25.0 Å². The lowest BCUT2D eigenvalue weighted by Crippen LogP contribution is -2.03. The summed E-state index contributed by atoms with van der Waals surface area (Å²) in [6.45, 7) is 0.277. The molecule has 2 heterocycles. The van der Waals surface area contributed by atoms with Gasteiger partial charge in [-0.25, -0.2) is 0 Å². The Morgan fingerprint density at radius 1 is 1.21 bits per heavy atom. The molecule has 0 amide bonds. The molecule has 19 heavy (non-hydrogen) atoms. The van der Waals surface area contributed by atoms with Crippen molar-refractivity contribution in [3.05, 3.63) is 29.8 Å². The first kappa shape index (κ1) is 11.1. The second-order valence-electron chi connectivity index (χ2n) is 4.76. The van der Waals surface area contributed by atoms with E-state index in [1.807, 2.05) is 22.8 Å². The van der Waals surface area contributed by atoms with Crippen LogP contribution in [0.25, 0.3) is 5.69 Å². The lowest BCUT2D eigenvalue weighted by Gasteiger charge is -2.09. The Morgan fingerprint density at radius 3 is 2.84 bits per heavy atom. The molecule has 0 N–H and O–H groups in total. The maximum Gasteiger partial charge on any atom is 0.231 e. The first-order chi connectivity index (χ1) is 9.36. The SMILES string of the molecule is ClCc1nnc(C2CC2)n1-c1ccc2c(c1)OCO2. The van der Waals surface area contributed by atoms with Crippen LogP contribution in [0.15, 0.2) is 18.2 Å². The van der Waals surface area contributed by atoms with Gasteiger partial charge in [-0.15, -0.1) is 21.8 Å². The van der Waals surface area contributed by atoms with Crippen molar-refractivity contribution in [1.82, 2.24) is 14.8 Å². The fourth-order valence-electron chi connectivity index (χ4n) is 2.33. The Hall–Kier alpha value is -1.75. The highest BCUT2D eigenvalue weighted by Gasteiger charge is 2.31. The molecular formula is C13H12ClN3O2. The Balaban J connectivity index is 1.84. The Labute approximate surface area is 115 Å². The van der Waals surface area contributed by atoms with Crippen molar-refractivity contribution < 1.29 is 9.47 Å². The van der Waals surface area contributed by atoms with E-state index in [1.165, 1.54) is 12.8 Å². The topological polar surface area (TPSA) is 49.2 Å². The Kier molecular flexibility index (Phi) is 2.41. The molecule has 98 valence electrons. The number of rotatable bonds is 3. The van der Waals surface area contributed by atoms with Gasteiger partial charge in [0.1, 0.15) is 5.82 Å². The van der Waals surface area contributed by atoms with Crippen LogP contribution in [0.2, 0.25) is 0 Å². The van der Waals surface area contributed by atoms with Crippen molar-refractivity contribution in [2.24, 2.45) is 0 Å². The summed E-state index contributed by atoms with van der Waals surface area (Å²) in [5.41, 5.74) is 0.979. The van der Waals surface area contributed by atoms with Gasteiger partial charge in [0, 0.05) is 12.0 Å². The summed E-state index contributed by atoms with van der Waals surface area (Å²) in [5.74, 6) is 4.14. The van der Waals surface area contributed by atoms with E-state index < -0.39 is 0 Å². The molecule has 5 nitrogen and oxygen atoms in total. The van der Waals surface area contributed by atoms with Gasteiger partial charge in [0.2, 0.25) is 6.79 Å². The molecule has 0 unspecified atom stereocenters. The summed E-state index contributed by atoms with van der Waals surface area (Å²) in [6.07, 6.45) is 2.34. The van der Waals surface area contributed by atoms with Gasteiger partial charge in [-0.3, -0.25) is 4.57 Å². The zero-order valence-corrected chi connectivity index (χ0v) is 10.9. The van der Waals surface area contributed by atoms with E-state index in [-0.39, 0.29) is 6.79 Å². The molecule has 0 bridgehead atoms. The van der Waals surface area contributed by atoms with Gasteiger partial charge in [0.15, 0.2) is 17.3 Å². The zero-order valence-electron chi connectivity index (χ0n) is 10.2. The molecule has 2 aliphatic rings. The third-order valence-electron chi connectivity index (χ3n) is 3.43. The van der Waals surface area contributed by atoms with Crippen molar-refractivity contribution in [1.29, 1.82) is 0 Å². The second kappa shape index (κ2) is 4.13. The van der Waals surface area contributed by atoms with E-state index in [4.69, 9.17) is 21.1 Å². The van der Waals surface area contributed by atoms with Crippen LogP contribution >= 0.6 is 11.6 Å². The number of aromatic nitrogens is 3. The standard InChI is InChI=1S/C13H12ClN3O2/c14-6-12-15-16-13(8-1-2-8)17(12)9-3-4-10-11(5-9)19-7-18-10/h3-5,8H,1-2,6-7H2. The van der Waals surface area contributed by atoms with Gasteiger partial charge >= 0.3 is 0 Å². The number of hydrogen-bond donors (Lipinski definition) is 0. The molecule has 0 spiro atoms. The minimum Gasteiger partial charge on any atom is -0.454 e. The molecule has 1 aromatic carbocycles. The van der Waals surface area contributed by atoms with Crippen molar-refractivity contribution in [3.63, 3.8) is 0 Å². The lowest BCUT2D eigenvalue weighted by atomic mass is 10.2. The number of hydrogen-bond acceptors (Lipinski definition) is 4. The van der Waals surface area contributed by atoms with Crippen molar-refractivity contribution in [2.75, 3.05) is 6.79 Å². The summed E-state index contributed by atoms with van der Waals surface area (Å²) in [4.78, 5) is 0. The molecule has 1 saturated carbocycles. The molecule has 1 fully saturated rings. The molecule has 0 atom stereocenters. The number of nitrogens with zero attached hydrogens (tertiary/aromatic N) is 3. The summed E-state index contributed by atoms with van der Waals surface area (Å²) >= 11 is 5.96. The van der Waals surface area contributed by atoms with Gasteiger partial charge in [-0.1, -0.05) is 0 Å². The molecular weight excluding hydrogens is 266 g/mol. The molecule has 6 heteroatoms. The van der Waals surface area contributed by atoms with E-state index in [1.54, 1.807) is 0 Å². The van der Waals surface area contributed by atoms with Crippen molar-refractivity contribution in [2.45, 2.75) is 24.6 Å².